The monoisotopic (exact) mass is 486 g/mol. The highest BCUT2D eigenvalue weighted by atomic mass is 32.2. The molecule has 2 fully saturated rings. The summed E-state index contributed by atoms with van der Waals surface area (Å²) < 4.78 is 27.2. The highest BCUT2D eigenvalue weighted by molar-refractivity contribution is 7.89. The summed E-state index contributed by atoms with van der Waals surface area (Å²) in [5.41, 5.74) is 6.78. The molecule has 34 heavy (non-hydrogen) atoms. The van der Waals surface area contributed by atoms with Gasteiger partial charge in [-0.2, -0.15) is 4.31 Å². The summed E-state index contributed by atoms with van der Waals surface area (Å²) in [5.74, 6) is -0.0215. The van der Waals surface area contributed by atoms with E-state index in [2.05, 4.69) is 4.98 Å². The molecule has 182 valence electrons. The molecular formula is C23H30N6O4S. The Labute approximate surface area is 199 Å². The highest BCUT2D eigenvalue weighted by Crippen LogP contribution is 2.28. The molecule has 0 bridgehead atoms. The van der Waals surface area contributed by atoms with E-state index in [0.717, 1.165) is 0 Å². The lowest BCUT2D eigenvalue weighted by atomic mass is 9.96. The number of piperidine rings is 1. The summed E-state index contributed by atoms with van der Waals surface area (Å²) in [6.07, 6.45) is 4.19. The molecule has 0 aliphatic carbocycles. The number of rotatable bonds is 7. The number of hydrogen-bond acceptors (Lipinski definition) is 6. The van der Waals surface area contributed by atoms with Crippen LogP contribution in [-0.4, -0.2) is 78.9 Å². The molecule has 3 heterocycles. The number of carbonyl (C=O) groups excluding carboxylic acids is 1. The Hall–Kier alpha value is -3.02. The second kappa shape index (κ2) is 10.1. The number of anilines is 1. The lowest BCUT2D eigenvalue weighted by molar-refractivity contribution is 0.128. The van der Waals surface area contributed by atoms with E-state index >= 15 is 0 Å². The van der Waals surface area contributed by atoms with E-state index in [1.54, 1.807) is 52.4 Å². The molecule has 4 rings (SSSR count). The molecule has 1 atom stereocenters. The van der Waals surface area contributed by atoms with Crippen LogP contribution >= 0.6 is 0 Å². The Bertz CT molecular complexity index is 1140. The molecule has 2 aliphatic heterocycles. The van der Waals surface area contributed by atoms with Gasteiger partial charge in [0.25, 0.3) is 0 Å². The minimum absolute atomic E-state index is 0.0471. The molecule has 10 nitrogen and oxygen atoms in total. The maximum atomic E-state index is 13.3. The van der Waals surface area contributed by atoms with Crippen molar-refractivity contribution in [2.24, 2.45) is 17.6 Å². The number of nitrogens with one attached hydrogen (secondary N) is 1. The first kappa shape index (κ1) is 24.1. The molecule has 2 aromatic rings. The van der Waals surface area contributed by atoms with E-state index < -0.39 is 10.0 Å². The molecule has 11 heteroatoms. The van der Waals surface area contributed by atoms with Gasteiger partial charge >= 0.3 is 6.03 Å². The van der Waals surface area contributed by atoms with Crippen molar-refractivity contribution in [3.63, 3.8) is 0 Å². The fourth-order valence-corrected chi connectivity index (χ4v) is 6.01. The number of pyridine rings is 1. The van der Waals surface area contributed by atoms with Gasteiger partial charge < -0.3 is 15.7 Å². The smallest absolute Gasteiger partial charge is 0.324 e. The Balaban J connectivity index is 1.43. The van der Waals surface area contributed by atoms with Crippen molar-refractivity contribution in [1.29, 1.82) is 5.41 Å². The number of aliphatic hydroxyl groups excluding tert-OH is 1. The normalized spacial score (nSPS) is 20.5. The van der Waals surface area contributed by atoms with Gasteiger partial charge in [-0.3, -0.25) is 15.3 Å². The largest absolute Gasteiger partial charge is 0.396 e. The van der Waals surface area contributed by atoms with Crippen molar-refractivity contribution in [3.05, 3.63) is 54.4 Å². The zero-order chi connectivity index (χ0) is 24.3. The van der Waals surface area contributed by atoms with Crippen molar-refractivity contribution >= 4 is 27.6 Å². The third kappa shape index (κ3) is 5.06. The van der Waals surface area contributed by atoms with Crippen LogP contribution in [0.5, 0.6) is 0 Å². The van der Waals surface area contributed by atoms with Crippen LogP contribution in [0.1, 0.15) is 18.4 Å². The van der Waals surface area contributed by atoms with Gasteiger partial charge in [0, 0.05) is 68.9 Å². The van der Waals surface area contributed by atoms with E-state index in [1.165, 1.54) is 10.5 Å². The van der Waals surface area contributed by atoms with Gasteiger partial charge in [-0.1, -0.05) is 12.1 Å². The second-order valence-electron chi connectivity index (χ2n) is 8.85. The van der Waals surface area contributed by atoms with Crippen molar-refractivity contribution < 1.29 is 18.3 Å². The molecule has 1 unspecified atom stereocenters. The zero-order valence-electron chi connectivity index (χ0n) is 18.9. The summed E-state index contributed by atoms with van der Waals surface area (Å²) in [6, 6.07) is 9.97. The first-order chi connectivity index (χ1) is 16.3. The quantitative estimate of drug-likeness (QED) is 0.398. The number of urea groups is 1. The van der Waals surface area contributed by atoms with Gasteiger partial charge in [0.05, 0.1) is 0 Å². The van der Waals surface area contributed by atoms with E-state index in [0.29, 0.717) is 56.8 Å². The van der Waals surface area contributed by atoms with Crippen LogP contribution in [0, 0.1) is 17.2 Å². The number of hydrogen-bond donors (Lipinski definition) is 3. The fourth-order valence-electron chi connectivity index (χ4n) is 4.57. The summed E-state index contributed by atoms with van der Waals surface area (Å²) in [5, 5.41) is 17.5. The van der Waals surface area contributed by atoms with E-state index in [9.17, 15) is 18.3 Å². The summed E-state index contributed by atoms with van der Waals surface area (Å²) in [7, 11) is -3.58. The molecule has 0 radical (unpaired) electrons. The lowest BCUT2D eigenvalue weighted by Gasteiger charge is -2.42. The molecular weight excluding hydrogens is 456 g/mol. The summed E-state index contributed by atoms with van der Waals surface area (Å²) >= 11 is 0. The maximum Gasteiger partial charge on any atom is 0.324 e. The Kier molecular flexibility index (Phi) is 7.15. The van der Waals surface area contributed by atoms with Crippen molar-refractivity contribution in [2.75, 3.05) is 44.2 Å². The fraction of sp³-hybridized carbons (Fsp3) is 0.435. The van der Waals surface area contributed by atoms with E-state index in [4.69, 9.17) is 11.1 Å². The minimum Gasteiger partial charge on any atom is -0.396 e. The number of nitrogens with two attached hydrogens (primary N) is 1. The van der Waals surface area contributed by atoms with Crippen LogP contribution in [0.2, 0.25) is 0 Å². The van der Waals surface area contributed by atoms with Gasteiger partial charge in [-0.15, -0.1) is 0 Å². The zero-order valence-corrected chi connectivity index (χ0v) is 19.7. The standard InChI is InChI=1S/C23H30N6O4S/c24-22(25)19-3-1-4-20(11-19)29-15-18(16-30)14-27(23(29)31)13-17-6-9-28(10-7-17)34(32,33)21-5-2-8-26-12-21/h1-5,8,11-12,17-18,30H,6-7,9-10,13-16H2,(H3,24,25). The van der Waals surface area contributed by atoms with Crippen LogP contribution in [0.15, 0.2) is 53.7 Å². The molecule has 2 aliphatic rings. The molecule has 0 spiro atoms. The van der Waals surface area contributed by atoms with Crippen molar-refractivity contribution in [1.82, 2.24) is 14.2 Å². The average Bonchev–Trinajstić information content (AvgIpc) is 2.86. The summed E-state index contributed by atoms with van der Waals surface area (Å²) in [4.78, 5) is 20.8. The first-order valence-electron chi connectivity index (χ1n) is 11.3. The number of aromatic nitrogens is 1. The van der Waals surface area contributed by atoms with Crippen LogP contribution in [0.25, 0.3) is 0 Å². The van der Waals surface area contributed by atoms with Gasteiger partial charge in [-0.25, -0.2) is 13.2 Å². The third-order valence-corrected chi connectivity index (χ3v) is 8.35. The predicted octanol–water partition coefficient (Wildman–Crippen LogP) is 1.32. The maximum absolute atomic E-state index is 13.3. The van der Waals surface area contributed by atoms with Crippen molar-refractivity contribution in [3.8, 4) is 0 Å². The van der Waals surface area contributed by atoms with Gasteiger partial charge in [-0.05, 0) is 43.0 Å². The summed E-state index contributed by atoms with van der Waals surface area (Å²) in [6.45, 7) is 2.06. The molecule has 1 aromatic heterocycles. The number of sulfonamides is 1. The Morgan fingerprint density at radius 2 is 1.91 bits per heavy atom. The van der Waals surface area contributed by atoms with Crippen LogP contribution in [-0.2, 0) is 10.0 Å². The topological polar surface area (TPSA) is 144 Å². The SMILES string of the molecule is N=C(N)c1cccc(N2CC(CO)CN(CC3CCN(S(=O)(=O)c4cccnc4)CC3)C2=O)c1. The number of carbonyl (C=O) groups is 1. The molecule has 1 aromatic carbocycles. The molecule has 0 saturated carbocycles. The molecule has 4 N–H and O–H groups in total. The number of amidine groups is 1. The van der Waals surface area contributed by atoms with E-state index in [-0.39, 0.29) is 35.2 Å². The lowest BCUT2D eigenvalue weighted by Crippen LogP contribution is -2.56. The molecule has 2 amide bonds. The van der Waals surface area contributed by atoms with Crippen LogP contribution < -0.4 is 10.6 Å². The first-order valence-corrected chi connectivity index (χ1v) is 12.8. The number of amides is 2. The van der Waals surface area contributed by atoms with Gasteiger partial charge in [0.1, 0.15) is 10.7 Å². The van der Waals surface area contributed by atoms with Gasteiger partial charge in [0.15, 0.2) is 0 Å². The molecule has 2 saturated heterocycles. The number of benzene rings is 1. The van der Waals surface area contributed by atoms with Crippen molar-refractivity contribution in [2.45, 2.75) is 17.7 Å². The Morgan fingerprint density at radius 3 is 2.56 bits per heavy atom. The number of aliphatic hydroxyl groups is 1. The highest BCUT2D eigenvalue weighted by Gasteiger charge is 2.36. The average molecular weight is 487 g/mol. The third-order valence-electron chi connectivity index (χ3n) is 6.47. The minimum atomic E-state index is -3.58. The number of nitrogens with zero attached hydrogens (tertiary/aromatic N) is 4. The Morgan fingerprint density at radius 1 is 1.15 bits per heavy atom. The van der Waals surface area contributed by atoms with Crippen LogP contribution in [0.4, 0.5) is 10.5 Å². The van der Waals surface area contributed by atoms with E-state index in [1.807, 2.05) is 0 Å². The number of nitrogen functional groups attached to an aromatic ring is 1. The predicted molar refractivity (Wildman–Crippen MR) is 128 cm³/mol. The van der Waals surface area contributed by atoms with Gasteiger partial charge in [0.2, 0.25) is 10.0 Å². The second-order valence-corrected chi connectivity index (χ2v) is 10.8. The van der Waals surface area contributed by atoms with Crippen LogP contribution in [0.3, 0.4) is 0 Å².